The van der Waals surface area contributed by atoms with Crippen molar-refractivity contribution in [1.29, 1.82) is 0 Å². The molecule has 0 aliphatic rings. The minimum atomic E-state index is -1.31. The minimum Gasteiger partial charge on any atom is -0.481 e. The van der Waals surface area contributed by atoms with Crippen molar-refractivity contribution < 1.29 is 29.4 Å². The molecule has 0 aliphatic heterocycles. The first-order valence-electron chi connectivity index (χ1n) is 11.0. The zero-order valence-electron chi connectivity index (χ0n) is 18.2. The Kier molecular flexibility index (Phi) is 16.4. The molecule has 0 rings (SSSR count). The fourth-order valence-electron chi connectivity index (χ4n) is 3.13. The molecule has 2 atom stereocenters. The predicted octanol–water partition coefficient (Wildman–Crippen LogP) is 1.61. The molecule has 3 amide bonds. The predicted molar refractivity (Wildman–Crippen MR) is 113 cm³/mol. The van der Waals surface area contributed by atoms with Crippen LogP contribution in [0.15, 0.2) is 0 Å². The second-order valence-electron chi connectivity index (χ2n) is 7.63. The lowest BCUT2D eigenvalue weighted by Gasteiger charge is -2.21. The van der Waals surface area contributed by atoms with Crippen molar-refractivity contribution in [1.82, 2.24) is 10.6 Å². The molecule has 30 heavy (non-hydrogen) atoms. The van der Waals surface area contributed by atoms with E-state index in [1.54, 1.807) is 0 Å². The Balaban J connectivity index is 4.18. The number of amides is 3. The van der Waals surface area contributed by atoms with Gasteiger partial charge in [0, 0.05) is 13.0 Å². The van der Waals surface area contributed by atoms with Gasteiger partial charge in [0.15, 0.2) is 0 Å². The summed E-state index contributed by atoms with van der Waals surface area (Å²) in [4.78, 5) is 46.7. The third-order valence-corrected chi connectivity index (χ3v) is 4.83. The zero-order chi connectivity index (χ0) is 22.8. The average Bonchev–Trinajstić information content (AvgIpc) is 2.68. The quantitative estimate of drug-likeness (QED) is 0.196. The van der Waals surface area contributed by atoms with Crippen LogP contribution in [0.5, 0.6) is 0 Å². The standard InChI is InChI=1S/C21H39N3O6/c1-2-12-16(21(30)24-17(20(22)29)15-19(27)28)23-18(26)13-10-8-6-4-3-5-7-9-11-14-25/h16-17,25H,2-15H2,1H3,(H2,22,29)(H,23,26)(H,24,30)(H,27,28). The molecular weight excluding hydrogens is 390 g/mol. The van der Waals surface area contributed by atoms with Gasteiger partial charge < -0.3 is 26.6 Å². The summed E-state index contributed by atoms with van der Waals surface area (Å²) in [6, 6.07) is -2.13. The van der Waals surface area contributed by atoms with E-state index in [2.05, 4.69) is 10.6 Å². The molecule has 0 aromatic heterocycles. The normalized spacial score (nSPS) is 12.7. The Labute approximate surface area is 179 Å². The summed E-state index contributed by atoms with van der Waals surface area (Å²) in [7, 11) is 0. The Morgan fingerprint density at radius 3 is 1.83 bits per heavy atom. The van der Waals surface area contributed by atoms with E-state index in [4.69, 9.17) is 15.9 Å². The summed E-state index contributed by atoms with van der Waals surface area (Å²) in [5, 5.41) is 22.5. The van der Waals surface area contributed by atoms with Crippen molar-refractivity contribution in [2.45, 2.75) is 102 Å². The topological polar surface area (TPSA) is 159 Å². The molecule has 0 aromatic carbocycles. The van der Waals surface area contributed by atoms with Crippen LogP contribution in [-0.2, 0) is 19.2 Å². The zero-order valence-corrected chi connectivity index (χ0v) is 18.2. The van der Waals surface area contributed by atoms with E-state index < -0.39 is 36.3 Å². The highest BCUT2D eigenvalue weighted by atomic mass is 16.4. The van der Waals surface area contributed by atoms with E-state index in [1.807, 2.05) is 6.92 Å². The molecule has 0 saturated carbocycles. The monoisotopic (exact) mass is 429 g/mol. The summed E-state index contributed by atoms with van der Waals surface area (Å²) < 4.78 is 0. The van der Waals surface area contributed by atoms with Gasteiger partial charge in [0.05, 0.1) is 6.42 Å². The summed E-state index contributed by atoms with van der Waals surface area (Å²) in [5.41, 5.74) is 5.14. The van der Waals surface area contributed by atoms with Gasteiger partial charge in [-0.3, -0.25) is 19.2 Å². The molecule has 0 spiro atoms. The molecule has 6 N–H and O–H groups in total. The van der Waals surface area contributed by atoms with Gasteiger partial charge in [0.1, 0.15) is 12.1 Å². The number of carboxylic acids is 1. The van der Waals surface area contributed by atoms with Gasteiger partial charge in [-0.2, -0.15) is 0 Å². The first-order valence-corrected chi connectivity index (χ1v) is 11.0. The van der Waals surface area contributed by atoms with Crippen molar-refractivity contribution in [3.63, 3.8) is 0 Å². The lowest BCUT2D eigenvalue weighted by atomic mass is 10.1. The van der Waals surface area contributed by atoms with Crippen molar-refractivity contribution in [3.05, 3.63) is 0 Å². The summed E-state index contributed by atoms with van der Waals surface area (Å²) in [6.45, 7) is 2.12. The number of aliphatic hydroxyl groups excluding tert-OH is 1. The van der Waals surface area contributed by atoms with Gasteiger partial charge in [-0.05, 0) is 19.3 Å². The molecule has 0 aromatic rings. The van der Waals surface area contributed by atoms with E-state index in [9.17, 15) is 19.2 Å². The van der Waals surface area contributed by atoms with Crippen molar-refractivity contribution in [3.8, 4) is 0 Å². The fraction of sp³-hybridized carbons (Fsp3) is 0.810. The fourth-order valence-corrected chi connectivity index (χ4v) is 3.13. The first kappa shape index (κ1) is 27.8. The second-order valence-corrected chi connectivity index (χ2v) is 7.63. The van der Waals surface area contributed by atoms with Gasteiger partial charge in [-0.1, -0.05) is 58.3 Å². The van der Waals surface area contributed by atoms with Crippen LogP contribution >= 0.6 is 0 Å². The number of nitrogens with two attached hydrogens (primary N) is 1. The van der Waals surface area contributed by atoms with Gasteiger partial charge >= 0.3 is 5.97 Å². The van der Waals surface area contributed by atoms with Gasteiger partial charge in [-0.25, -0.2) is 0 Å². The number of rotatable bonds is 19. The van der Waals surface area contributed by atoms with Crippen LogP contribution in [0, 0.1) is 0 Å². The lowest BCUT2D eigenvalue weighted by Crippen LogP contribution is -2.53. The van der Waals surface area contributed by atoms with Crippen LogP contribution in [0.3, 0.4) is 0 Å². The Bertz CT molecular complexity index is 527. The second kappa shape index (κ2) is 17.7. The molecule has 0 bridgehead atoms. The summed E-state index contributed by atoms with van der Waals surface area (Å²) in [5.74, 6) is -3.01. The maximum Gasteiger partial charge on any atom is 0.305 e. The Hall–Kier alpha value is -2.16. The number of hydrogen-bond donors (Lipinski definition) is 5. The van der Waals surface area contributed by atoms with Gasteiger partial charge in [0.2, 0.25) is 17.7 Å². The number of carboxylic acid groups (broad SMARTS) is 1. The smallest absolute Gasteiger partial charge is 0.305 e. The first-order chi connectivity index (χ1) is 14.3. The summed E-state index contributed by atoms with van der Waals surface area (Å²) >= 11 is 0. The highest BCUT2D eigenvalue weighted by molar-refractivity contribution is 5.93. The third-order valence-electron chi connectivity index (χ3n) is 4.83. The molecular formula is C21H39N3O6. The maximum atomic E-state index is 12.4. The molecule has 0 radical (unpaired) electrons. The number of carbonyl (C=O) groups is 4. The SMILES string of the molecule is CCCC(NC(=O)CCCCCCCCCCCO)C(=O)NC(CC(=O)O)C(N)=O. The molecule has 9 heteroatoms. The van der Waals surface area contributed by atoms with Crippen LogP contribution in [0.25, 0.3) is 0 Å². The molecule has 2 unspecified atom stereocenters. The van der Waals surface area contributed by atoms with Crippen LogP contribution in [-0.4, -0.2) is 52.6 Å². The van der Waals surface area contributed by atoms with Gasteiger partial charge in [-0.15, -0.1) is 0 Å². The maximum absolute atomic E-state index is 12.4. The van der Waals surface area contributed by atoms with E-state index in [-0.39, 0.29) is 12.5 Å². The van der Waals surface area contributed by atoms with E-state index in [0.717, 1.165) is 51.4 Å². The number of aliphatic hydroxyl groups is 1. The van der Waals surface area contributed by atoms with Crippen LogP contribution in [0.2, 0.25) is 0 Å². The number of aliphatic carboxylic acids is 1. The molecule has 0 fully saturated rings. The van der Waals surface area contributed by atoms with Crippen molar-refractivity contribution in [2.75, 3.05) is 6.61 Å². The van der Waals surface area contributed by atoms with E-state index >= 15 is 0 Å². The average molecular weight is 430 g/mol. The molecule has 0 heterocycles. The molecule has 174 valence electrons. The van der Waals surface area contributed by atoms with E-state index in [0.29, 0.717) is 19.3 Å². The minimum absolute atomic E-state index is 0.235. The largest absolute Gasteiger partial charge is 0.481 e. The van der Waals surface area contributed by atoms with Gasteiger partial charge in [0.25, 0.3) is 0 Å². The van der Waals surface area contributed by atoms with Crippen LogP contribution < -0.4 is 16.4 Å². The highest BCUT2D eigenvalue weighted by Crippen LogP contribution is 2.11. The van der Waals surface area contributed by atoms with Crippen LogP contribution in [0.4, 0.5) is 0 Å². The Morgan fingerprint density at radius 1 is 0.833 bits per heavy atom. The number of hydrogen-bond acceptors (Lipinski definition) is 5. The molecule has 0 saturated heterocycles. The number of carbonyl (C=O) groups excluding carboxylic acids is 3. The lowest BCUT2D eigenvalue weighted by molar-refractivity contribution is -0.140. The van der Waals surface area contributed by atoms with Crippen LogP contribution in [0.1, 0.15) is 90.4 Å². The van der Waals surface area contributed by atoms with Crippen molar-refractivity contribution >= 4 is 23.7 Å². The number of primary amides is 1. The molecule has 0 aliphatic carbocycles. The number of nitrogens with one attached hydrogen (secondary N) is 2. The molecule has 9 nitrogen and oxygen atoms in total. The Morgan fingerprint density at radius 2 is 1.37 bits per heavy atom. The summed E-state index contributed by atoms with van der Waals surface area (Å²) in [6.07, 6.45) is 10.0. The highest BCUT2D eigenvalue weighted by Gasteiger charge is 2.26. The van der Waals surface area contributed by atoms with Crippen molar-refractivity contribution in [2.24, 2.45) is 5.73 Å². The number of unbranched alkanes of at least 4 members (excludes halogenated alkanes) is 8. The third kappa shape index (κ3) is 14.8. The van der Waals surface area contributed by atoms with E-state index in [1.165, 1.54) is 6.42 Å².